The van der Waals surface area contributed by atoms with Gasteiger partial charge in [-0.05, 0) is 30.2 Å². The van der Waals surface area contributed by atoms with Gasteiger partial charge in [-0.3, -0.25) is 9.08 Å². The van der Waals surface area contributed by atoms with Gasteiger partial charge >= 0.3 is 16.1 Å². The van der Waals surface area contributed by atoms with Crippen LogP contribution in [0.3, 0.4) is 0 Å². The van der Waals surface area contributed by atoms with E-state index in [9.17, 15) is 18.0 Å². The highest BCUT2D eigenvalue weighted by Gasteiger charge is 2.19. The molecule has 0 fully saturated rings. The number of thioether (sulfide) groups is 2. The van der Waals surface area contributed by atoms with E-state index < -0.39 is 21.8 Å². The summed E-state index contributed by atoms with van der Waals surface area (Å²) in [5, 5.41) is 3.30. The maximum Gasteiger partial charge on any atom is 0.367 e. The smallest absolute Gasteiger partial charge is 0.367 e. The Morgan fingerprint density at radius 1 is 1.00 bits per heavy atom. The van der Waals surface area contributed by atoms with Crippen LogP contribution in [0.2, 0.25) is 0 Å². The van der Waals surface area contributed by atoms with Crippen LogP contribution >= 0.6 is 23.5 Å². The largest absolute Gasteiger partial charge is 0.464 e. The van der Waals surface area contributed by atoms with Gasteiger partial charge in [-0.25, -0.2) is 4.79 Å². The number of aryl methyl sites for hydroxylation is 1. The van der Waals surface area contributed by atoms with E-state index in [0.717, 1.165) is 22.9 Å². The summed E-state index contributed by atoms with van der Waals surface area (Å²) in [6, 6.07) is 14.0. The zero-order chi connectivity index (χ0) is 22.1. The van der Waals surface area contributed by atoms with Gasteiger partial charge in [0.05, 0.1) is 7.11 Å². The van der Waals surface area contributed by atoms with Crippen molar-refractivity contribution in [1.29, 1.82) is 0 Å². The van der Waals surface area contributed by atoms with Crippen molar-refractivity contribution in [2.24, 2.45) is 5.16 Å². The zero-order valence-electron chi connectivity index (χ0n) is 16.7. The van der Waals surface area contributed by atoms with Crippen molar-refractivity contribution in [2.45, 2.75) is 30.2 Å². The van der Waals surface area contributed by atoms with Crippen LogP contribution < -0.4 is 0 Å². The summed E-state index contributed by atoms with van der Waals surface area (Å²) in [6.45, 7) is 3.41. The lowest BCUT2D eigenvalue weighted by Gasteiger charge is -2.06. The third kappa shape index (κ3) is 8.21. The molecule has 0 bridgehead atoms. The summed E-state index contributed by atoms with van der Waals surface area (Å²) in [5.74, 6) is -0.703. The first-order valence-corrected chi connectivity index (χ1v) is 12.1. The molecule has 0 saturated heterocycles. The minimum Gasteiger partial charge on any atom is -0.464 e. The number of nitrogens with zero attached hydrogens (tertiary/aromatic N) is 1. The summed E-state index contributed by atoms with van der Waals surface area (Å²) in [6.07, 6.45) is 0. The normalized spacial score (nSPS) is 11.8. The SMILES string of the molecule is COC(=O)C(=NOS(=O)(=O)Cc1ccc(CSC(C)=O)cc1)Sc1ccc(C)cc1. The molecule has 0 radical (unpaired) electrons. The first-order chi connectivity index (χ1) is 14.2. The third-order valence-electron chi connectivity index (χ3n) is 3.64. The predicted octanol–water partition coefficient (Wildman–Crippen LogP) is 3.90. The second-order valence-electron chi connectivity index (χ2n) is 6.18. The number of carbonyl (C=O) groups is 2. The lowest BCUT2D eigenvalue weighted by Crippen LogP contribution is -2.14. The number of esters is 1. The molecule has 0 aliphatic heterocycles. The molecule has 10 heteroatoms. The number of ether oxygens (including phenoxy) is 1. The van der Waals surface area contributed by atoms with E-state index in [1.54, 1.807) is 36.4 Å². The van der Waals surface area contributed by atoms with Crippen LogP contribution in [0, 0.1) is 6.92 Å². The molecule has 0 atom stereocenters. The van der Waals surface area contributed by atoms with E-state index in [0.29, 0.717) is 16.2 Å². The summed E-state index contributed by atoms with van der Waals surface area (Å²) in [4.78, 5) is 23.6. The van der Waals surface area contributed by atoms with Crippen molar-refractivity contribution in [3.63, 3.8) is 0 Å². The topological polar surface area (TPSA) is 99.1 Å². The van der Waals surface area contributed by atoms with Crippen LogP contribution in [-0.2, 0) is 40.2 Å². The van der Waals surface area contributed by atoms with Gasteiger partial charge in [0.15, 0.2) is 5.12 Å². The van der Waals surface area contributed by atoms with Crippen LogP contribution in [0.1, 0.15) is 23.6 Å². The number of methoxy groups -OCH3 is 1. The maximum absolute atomic E-state index is 12.3. The molecule has 2 rings (SSSR count). The molecule has 7 nitrogen and oxygen atoms in total. The lowest BCUT2D eigenvalue weighted by molar-refractivity contribution is -0.132. The molecule has 0 heterocycles. The molecule has 0 aromatic heterocycles. The number of carbonyl (C=O) groups excluding carboxylic acids is 2. The molecule has 0 unspecified atom stereocenters. The summed E-state index contributed by atoms with van der Waals surface area (Å²) in [5.41, 5.74) is 2.44. The molecule has 0 amide bonds. The molecule has 0 aliphatic rings. The molecular formula is C20H21NO6S3. The average molecular weight is 468 g/mol. The highest BCUT2D eigenvalue weighted by atomic mass is 32.2. The van der Waals surface area contributed by atoms with Crippen LogP contribution in [0.5, 0.6) is 0 Å². The standard InChI is InChI=1S/C20H21NO6S3/c1-14-4-10-18(11-5-14)29-19(20(23)26-3)21-27-30(24,25)13-17-8-6-16(7-9-17)12-28-15(2)22/h4-11H,12-13H2,1-3H3. The maximum atomic E-state index is 12.3. The monoisotopic (exact) mass is 467 g/mol. The second kappa shape index (κ2) is 11.2. The van der Waals surface area contributed by atoms with Crippen molar-refractivity contribution >= 4 is 49.8 Å². The first kappa shape index (κ1) is 24.0. The van der Waals surface area contributed by atoms with E-state index in [2.05, 4.69) is 9.89 Å². The van der Waals surface area contributed by atoms with Gasteiger partial charge in [0.1, 0.15) is 5.75 Å². The van der Waals surface area contributed by atoms with Crippen molar-refractivity contribution < 1.29 is 27.0 Å². The first-order valence-electron chi connectivity index (χ1n) is 8.72. The molecule has 160 valence electrons. The van der Waals surface area contributed by atoms with Gasteiger partial charge in [-0.1, -0.05) is 70.6 Å². The van der Waals surface area contributed by atoms with Crippen LogP contribution in [0.15, 0.2) is 58.6 Å². The number of benzene rings is 2. The number of rotatable bonds is 7. The molecule has 2 aromatic rings. The lowest BCUT2D eigenvalue weighted by atomic mass is 10.2. The van der Waals surface area contributed by atoms with Crippen molar-refractivity contribution in [3.05, 3.63) is 65.2 Å². The van der Waals surface area contributed by atoms with Gasteiger partial charge in [0.25, 0.3) is 0 Å². The van der Waals surface area contributed by atoms with Crippen molar-refractivity contribution in [3.8, 4) is 0 Å². The fourth-order valence-corrected chi connectivity index (χ4v) is 4.33. The minimum absolute atomic E-state index is 0.0119. The van der Waals surface area contributed by atoms with E-state index in [1.165, 1.54) is 25.8 Å². The van der Waals surface area contributed by atoms with Gasteiger partial charge < -0.3 is 4.74 Å². The van der Waals surface area contributed by atoms with Crippen molar-refractivity contribution in [2.75, 3.05) is 7.11 Å². The Labute approximate surface area is 184 Å². The molecule has 0 saturated carbocycles. The van der Waals surface area contributed by atoms with E-state index in [4.69, 9.17) is 4.28 Å². The Hall–Kier alpha value is -2.30. The van der Waals surface area contributed by atoms with E-state index >= 15 is 0 Å². The Bertz CT molecular complexity index is 1020. The Kier molecular flexibility index (Phi) is 8.94. The van der Waals surface area contributed by atoms with Crippen LogP contribution in [-0.4, -0.2) is 31.7 Å². The predicted molar refractivity (Wildman–Crippen MR) is 119 cm³/mol. The van der Waals surface area contributed by atoms with Crippen molar-refractivity contribution in [1.82, 2.24) is 0 Å². The molecule has 2 aromatic carbocycles. The van der Waals surface area contributed by atoms with Gasteiger partial charge in [-0.15, -0.1) is 0 Å². The quantitative estimate of drug-likeness (QED) is 0.199. The highest BCUT2D eigenvalue weighted by Crippen LogP contribution is 2.22. The van der Waals surface area contributed by atoms with Crippen LogP contribution in [0.4, 0.5) is 0 Å². The number of hydrogen-bond acceptors (Lipinski definition) is 9. The molecule has 0 aliphatic carbocycles. The summed E-state index contributed by atoms with van der Waals surface area (Å²) >= 11 is 2.12. The fraction of sp³-hybridized carbons (Fsp3) is 0.250. The number of hydrogen-bond donors (Lipinski definition) is 0. The number of oxime groups is 1. The molecule has 0 spiro atoms. The van der Waals surface area contributed by atoms with Gasteiger partial charge in [0, 0.05) is 17.6 Å². The second-order valence-corrected chi connectivity index (χ2v) is 9.94. The fourth-order valence-electron chi connectivity index (χ4n) is 2.14. The molecule has 0 N–H and O–H groups in total. The van der Waals surface area contributed by atoms with E-state index in [-0.39, 0.29) is 10.2 Å². The van der Waals surface area contributed by atoms with Gasteiger partial charge in [0.2, 0.25) is 5.04 Å². The highest BCUT2D eigenvalue weighted by molar-refractivity contribution is 8.15. The summed E-state index contributed by atoms with van der Waals surface area (Å²) in [7, 11) is -2.90. The molecule has 30 heavy (non-hydrogen) atoms. The zero-order valence-corrected chi connectivity index (χ0v) is 19.1. The van der Waals surface area contributed by atoms with Gasteiger partial charge in [-0.2, -0.15) is 8.42 Å². The molecular weight excluding hydrogens is 446 g/mol. The van der Waals surface area contributed by atoms with Crippen LogP contribution in [0.25, 0.3) is 0 Å². The Balaban J connectivity index is 2.06. The Morgan fingerprint density at radius 3 is 2.17 bits per heavy atom. The third-order valence-corrected chi connectivity index (χ3v) is 6.45. The van der Waals surface area contributed by atoms with E-state index in [1.807, 2.05) is 19.1 Å². The Morgan fingerprint density at radius 2 is 1.60 bits per heavy atom. The summed E-state index contributed by atoms with van der Waals surface area (Å²) < 4.78 is 33.9. The average Bonchev–Trinajstić information content (AvgIpc) is 2.71. The minimum atomic E-state index is -4.08.